The maximum absolute atomic E-state index is 12.7. The van der Waals surface area contributed by atoms with Crippen LogP contribution in [0.3, 0.4) is 0 Å². The van der Waals surface area contributed by atoms with Gasteiger partial charge in [-0.05, 0) is 5.56 Å². The molecule has 0 radical (unpaired) electrons. The van der Waals surface area contributed by atoms with Gasteiger partial charge >= 0.3 is 6.18 Å². The maximum atomic E-state index is 12.7. The summed E-state index contributed by atoms with van der Waals surface area (Å²) in [4.78, 5) is 0.109. The number of hydrogen-bond acceptors (Lipinski definition) is 5. The smallest absolute Gasteiger partial charge is 0.324 e. The molecule has 3 rings (SSSR count). The number of nitrogens with two attached hydrogens (primary N) is 1. The Bertz CT molecular complexity index is 749. The van der Waals surface area contributed by atoms with Crippen LogP contribution in [0.5, 0.6) is 0 Å². The van der Waals surface area contributed by atoms with Gasteiger partial charge in [0.15, 0.2) is 0 Å². The Morgan fingerprint density at radius 1 is 1.19 bits per heavy atom. The van der Waals surface area contributed by atoms with E-state index < -0.39 is 12.0 Å². The first-order valence-electron chi connectivity index (χ1n) is 6.04. The summed E-state index contributed by atoms with van der Waals surface area (Å²) >= 11 is 1.06. The van der Waals surface area contributed by atoms with Crippen molar-refractivity contribution >= 4 is 16.3 Å². The summed E-state index contributed by atoms with van der Waals surface area (Å²) in [6, 6.07) is 8.99. The molecule has 2 N–H and O–H groups in total. The van der Waals surface area contributed by atoms with Crippen LogP contribution in [0.4, 0.5) is 13.2 Å². The van der Waals surface area contributed by atoms with Crippen molar-refractivity contribution in [2.45, 2.75) is 18.6 Å². The molecule has 0 saturated carbocycles. The first-order chi connectivity index (χ1) is 9.95. The van der Waals surface area contributed by atoms with Crippen LogP contribution < -0.4 is 5.73 Å². The van der Waals surface area contributed by atoms with E-state index in [1.807, 2.05) is 30.3 Å². The summed E-state index contributed by atoms with van der Waals surface area (Å²) < 4.78 is 38.8. The van der Waals surface area contributed by atoms with Crippen LogP contribution in [-0.4, -0.2) is 19.8 Å². The second-order valence-corrected chi connectivity index (χ2v) is 5.47. The van der Waals surface area contributed by atoms with Crippen molar-refractivity contribution in [1.29, 1.82) is 0 Å². The van der Waals surface area contributed by atoms with Gasteiger partial charge in [-0.15, -0.1) is 10.2 Å². The second kappa shape index (κ2) is 5.08. The molecule has 0 saturated heterocycles. The van der Waals surface area contributed by atoms with Crippen molar-refractivity contribution in [3.05, 3.63) is 46.7 Å². The van der Waals surface area contributed by atoms with E-state index in [0.717, 1.165) is 21.4 Å². The Morgan fingerprint density at radius 3 is 2.57 bits per heavy atom. The van der Waals surface area contributed by atoms with E-state index >= 15 is 0 Å². The summed E-state index contributed by atoms with van der Waals surface area (Å²) in [5, 5.41) is 11.0. The largest absolute Gasteiger partial charge is 0.453 e. The summed E-state index contributed by atoms with van der Waals surface area (Å²) in [5.74, 6) is -1.12. The molecule has 21 heavy (non-hydrogen) atoms. The third-order valence-corrected chi connectivity index (χ3v) is 3.83. The average Bonchev–Trinajstić information content (AvgIpc) is 2.98. The molecule has 3 aromatic rings. The minimum absolute atomic E-state index is 0.109. The molecule has 9 heteroatoms. The molecule has 1 atom stereocenters. The molecule has 0 bridgehead atoms. The third-order valence-electron chi connectivity index (χ3n) is 2.91. The summed E-state index contributed by atoms with van der Waals surface area (Å²) in [7, 11) is 0. The summed E-state index contributed by atoms with van der Waals surface area (Å²) in [6.45, 7) is 0. The molecule has 110 valence electrons. The van der Waals surface area contributed by atoms with Gasteiger partial charge in [0.2, 0.25) is 4.96 Å². The minimum Gasteiger partial charge on any atom is -0.324 e. The SMILES string of the molecule is NC(Cc1nn2c(C(F)(F)F)nnc2s1)c1ccccc1. The number of halogens is 3. The molecule has 0 aliphatic heterocycles. The van der Waals surface area contributed by atoms with Gasteiger partial charge in [0.1, 0.15) is 5.01 Å². The predicted molar refractivity (Wildman–Crippen MR) is 70.7 cm³/mol. The molecule has 0 spiro atoms. The summed E-state index contributed by atoms with van der Waals surface area (Å²) in [5.41, 5.74) is 6.94. The highest BCUT2D eigenvalue weighted by atomic mass is 32.1. The van der Waals surface area contributed by atoms with Gasteiger partial charge < -0.3 is 5.73 Å². The lowest BCUT2D eigenvalue weighted by Gasteiger charge is -2.09. The molecule has 0 fully saturated rings. The highest BCUT2D eigenvalue weighted by Gasteiger charge is 2.38. The highest BCUT2D eigenvalue weighted by Crippen LogP contribution is 2.29. The van der Waals surface area contributed by atoms with Gasteiger partial charge in [-0.3, -0.25) is 0 Å². The van der Waals surface area contributed by atoms with Crippen LogP contribution in [-0.2, 0) is 12.6 Å². The van der Waals surface area contributed by atoms with E-state index in [1.54, 1.807) is 0 Å². The van der Waals surface area contributed by atoms with Crippen molar-refractivity contribution in [3.8, 4) is 0 Å². The zero-order valence-electron chi connectivity index (χ0n) is 10.6. The van der Waals surface area contributed by atoms with E-state index in [0.29, 0.717) is 11.4 Å². The zero-order chi connectivity index (χ0) is 15.0. The molecule has 0 amide bonds. The number of benzene rings is 1. The standard InChI is InChI=1S/C12H10F3N5S/c13-12(14,15)10-17-18-11-20(10)19-9(21-11)6-8(16)7-4-2-1-3-5-7/h1-5,8H,6,16H2. The van der Waals surface area contributed by atoms with Crippen LogP contribution in [0.2, 0.25) is 0 Å². The van der Waals surface area contributed by atoms with E-state index in [2.05, 4.69) is 15.3 Å². The number of alkyl halides is 3. The van der Waals surface area contributed by atoms with Gasteiger partial charge in [0, 0.05) is 12.5 Å². The molecule has 0 aliphatic carbocycles. The van der Waals surface area contributed by atoms with Crippen LogP contribution in [0, 0.1) is 0 Å². The van der Waals surface area contributed by atoms with Crippen LogP contribution >= 0.6 is 11.3 Å². The lowest BCUT2D eigenvalue weighted by atomic mass is 10.1. The molecule has 2 aromatic heterocycles. The van der Waals surface area contributed by atoms with Crippen molar-refractivity contribution in [2.24, 2.45) is 5.73 Å². The molecule has 2 heterocycles. The number of hydrogen-bond donors (Lipinski definition) is 1. The fourth-order valence-electron chi connectivity index (χ4n) is 1.92. The maximum Gasteiger partial charge on any atom is 0.453 e. The number of aromatic nitrogens is 4. The molecule has 1 unspecified atom stereocenters. The fourth-order valence-corrected chi connectivity index (χ4v) is 2.81. The second-order valence-electron chi connectivity index (χ2n) is 4.43. The Balaban J connectivity index is 1.87. The van der Waals surface area contributed by atoms with Crippen LogP contribution in [0.15, 0.2) is 30.3 Å². The first-order valence-corrected chi connectivity index (χ1v) is 6.85. The van der Waals surface area contributed by atoms with Gasteiger partial charge in [0.05, 0.1) is 0 Å². The van der Waals surface area contributed by atoms with Crippen molar-refractivity contribution in [2.75, 3.05) is 0 Å². The average molecular weight is 313 g/mol. The topological polar surface area (TPSA) is 69.1 Å². The van der Waals surface area contributed by atoms with Crippen molar-refractivity contribution in [3.63, 3.8) is 0 Å². The Kier molecular flexibility index (Phi) is 3.38. The van der Waals surface area contributed by atoms with E-state index in [1.165, 1.54) is 0 Å². The van der Waals surface area contributed by atoms with Crippen molar-refractivity contribution in [1.82, 2.24) is 19.8 Å². The number of fused-ring (bicyclic) bond motifs is 1. The Hall–Kier alpha value is -2.00. The number of rotatable bonds is 3. The van der Waals surface area contributed by atoms with E-state index in [4.69, 9.17) is 5.73 Å². The predicted octanol–water partition coefficient (Wildman–Crippen LogP) is 2.45. The van der Waals surface area contributed by atoms with Crippen LogP contribution in [0.25, 0.3) is 4.96 Å². The first kappa shape index (κ1) is 14.0. The van der Waals surface area contributed by atoms with Gasteiger partial charge in [-0.1, -0.05) is 41.7 Å². The van der Waals surface area contributed by atoms with Gasteiger partial charge in [-0.2, -0.15) is 22.8 Å². The molecular formula is C12H10F3N5S. The van der Waals surface area contributed by atoms with E-state index in [9.17, 15) is 13.2 Å². The highest BCUT2D eigenvalue weighted by molar-refractivity contribution is 7.16. The number of nitrogens with zero attached hydrogens (tertiary/aromatic N) is 4. The van der Waals surface area contributed by atoms with Crippen molar-refractivity contribution < 1.29 is 13.2 Å². The van der Waals surface area contributed by atoms with Crippen LogP contribution in [0.1, 0.15) is 22.4 Å². The zero-order valence-corrected chi connectivity index (χ0v) is 11.4. The summed E-state index contributed by atoms with van der Waals surface area (Å²) in [6.07, 6.45) is -4.23. The lowest BCUT2D eigenvalue weighted by molar-refractivity contribution is -0.146. The normalized spacial score (nSPS) is 13.7. The van der Waals surface area contributed by atoms with Gasteiger partial charge in [-0.25, -0.2) is 0 Å². The van der Waals surface area contributed by atoms with Gasteiger partial charge in [0.25, 0.3) is 5.82 Å². The minimum atomic E-state index is -4.58. The Labute approximate surface area is 121 Å². The quantitative estimate of drug-likeness (QED) is 0.806. The van der Waals surface area contributed by atoms with E-state index in [-0.39, 0.29) is 11.0 Å². The molecule has 1 aromatic carbocycles. The molecule has 0 aliphatic rings. The molecule has 5 nitrogen and oxygen atoms in total. The fraction of sp³-hybridized carbons (Fsp3) is 0.250. The monoisotopic (exact) mass is 313 g/mol. The lowest BCUT2D eigenvalue weighted by Crippen LogP contribution is -2.14. The molecular weight excluding hydrogens is 303 g/mol. The Morgan fingerprint density at radius 2 is 1.90 bits per heavy atom. The third kappa shape index (κ3) is 2.74.